The van der Waals surface area contributed by atoms with E-state index in [1.165, 1.54) is 6.07 Å². The number of nitrogens with one attached hydrogen (secondary N) is 1. The molecule has 0 amide bonds. The second-order valence-electron chi connectivity index (χ2n) is 3.57. The fourth-order valence-corrected chi connectivity index (χ4v) is 1.44. The van der Waals surface area contributed by atoms with Crippen molar-refractivity contribution in [3.8, 4) is 0 Å². The Morgan fingerprint density at radius 1 is 1.29 bits per heavy atom. The molecule has 2 rings (SSSR count). The normalized spacial score (nSPS) is 10.2. The number of aromatic nitrogens is 2. The van der Waals surface area contributed by atoms with Crippen LogP contribution in [0.5, 0.6) is 0 Å². The van der Waals surface area contributed by atoms with Gasteiger partial charge in [-0.2, -0.15) is 0 Å². The summed E-state index contributed by atoms with van der Waals surface area (Å²) in [5.41, 5.74) is 6.79. The first-order valence-electron chi connectivity index (χ1n) is 5.27. The largest absolute Gasteiger partial charge is 0.365 e. The van der Waals surface area contributed by atoms with Gasteiger partial charge in [-0.05, 0) is 11.6 Å². The van der Waals surface area contributed by atoms with E-state index < -0.39 is 0 Å². The molecule has 0 unspecified atom stereocenters. The van der Waals surface area contributed by atoms with Gasteiger partial charge in [-0.15, -0.1) is 0 Å². The van der Waals surface area contributed by atoms with Crippen molar-refractivity contribution in [1.29, 1.82) is 0 Å². The van der Waals surface area contributed by atoms with E-state index in [4.69, 9.17) is 5.73 Å². The summed E-state index contributed by atoms with van der Waals surface area (Å²) in [7, 11) is 0. The van der Waals surface area contributed by atoms with Gasteiger partial charge in [0.05, 0.1) is 6.20 Å². The number of benzene rings is 1. The van der Waals surface area contributed by atoms with Crippen LogP contribution >= 0.6 is 0 Å². The maximum Gasteiger partial charge on any atom is 0.144 e. The lowest BCUT2D eigenvalue weighted by molar-refractivity contribution is 0.610. The van der Waals surface area contributed by atoms with Crippen molar-refractivity contribution in [1.82, 2.24) is 9.97 Å². The van der Waals surface area contributed by atoms with Gasteiger partial charge in [0.2, 0.25) is 0 Å². The highest BCUT2D eigenvalue weighted by Gasteiger charge is 2.03. The number of hydrogen-bond acceptors (Lipinski definition) is 4. The molecule has 5 heteroatoms. The van der Waals surface area contributed by atoms with Crippen LogP contribution in [0.15, 0.2) is 36.8 Å². The van der Waals surface area contributed by atoms with E-state index in [0.717, 1.165) is 5.56 Å². The molecule has 0 aliphatic heterocycles. The van der Waals surface area contributed by atoms with Gasteiger partial charge in [-0.25, -0.2) is 9.37 Å². The summed E-state index contributed by atoms with van der Waals surface area (Å²) in [5, 5.41) is 2.99. The van der Waals surface area contributed by atoms with Crippen LogP contribution in [0, 0.1) is 5.82 Å². The van der Waals surface area contributed by atoms with Crippen LogP contribution in [-0.2, 0) is 13.1 Å². The zero-order valence-corrected chi connectivity index (χ0v) is 9.23. The number of nitrogens with zero attached hydrogens (tertiary/aromatic N) is 2. The van der Waals surface area contributed by atoms with Gasteiger partial charge in [0.15, 0.2) is 0 Å². The number of rotatable bonds is 4. The van der Waals surface area contributed by atoms with E-state index in [-0.39, 0.29) is 5.82 Å². The van der Waals surface area contributed by atoms with Gasteiger partial charge < -0.3 is 11.1 Å². The lowest BCUT2D eigenvalue weighted by Gasteiger charge is -2.07. The third kappa shape index (κ3) is 2.98. The monoisotopic (exact) mass is 232 g/mol. The van der Waals surface area contributed by atoms with Crippen molar-refractivity contribution in [3.05, 3.63) is 53.7 Å². The number of hydrogen-bond donors (Lipinski definition) is 2. The molecule has 0 aliphatic rings. The Labute approximate surface area is 98.7 Å². The summed E-state index contributed by atoms with van der Waals surface area (Å²) < 4.78 is 13.6. The lowest BCUT2D eigenvalue weighted by atomic mass is 10.1. The second kappa shape index (κ2) is 5.36. The lowest BCUT2D eigenvalue weighted by Crippen LogP contribution is -2.05. The standard InChI is InChI=1S/C12H13FN4/c13-11-5-9(6-14)1-2-10(11)7-17-12-8-15-3-4-16-12/h1-5,8H,6-7,14H2,(H,16,17). The van der Waals surface area contributed by atoms with Crippen molar-refractivity contribution in [3.63, 3.8) is 0 Å². The highest BCUT2D eigenvalue weighted by atomic mass is 19.1. The molecule has 1 heterocycles. The number of anilines is 1. The van der Waals surface area contributed by atoms with Crippen LogP contribution in [0.25, 0.3) is 0 Å². The van der Waals surface area contributed by atoms with E-state index in [2.05, 4.69) is 15.3 Å². The van der Waals surface area contributed by atoms with Crippen molar-refractivity contribution in [2.24, 2.45) is 5.73 Å². The van der Waals surface area contributed by atoms with Crippen LogP contribution in [0.4, 0.5) is 10.2 Å². The molecule has 2 aromatic rings. The number of nitrogens with two attached hydrogens (primary N) is 1. The Kier molecular flexibility index (Phi) is 3.62. The van der Waals surface area contributed by atoms with Gasteiger partial charge in [0.25, 0.3) is 0 Å². The molecule has 0 radical (unpaired) electrons. The van der Waals surface area contributed by atoms with Gasteiger partial charge in [-0.1, -0.05) is 12.1 Å². The van der Waals surface area contributed by atoms with Gasteiger partial charge >= 0.3 is 0 Å². The van der Waals surface area contributed by atoms with E-state index in [1.54, 1.807) is 24.7 Å². The molecule has 0 atom stereocenters. The Bertz CT molecular complexity index is 487. The minimum Gasteiger partial charge on any atom is -0.365 e. The Morgan fingerprint density at radius 2 is 2.18 bits per heavy atom. The van der Waals surface area contributed by atoms with E-state index in [1.807, 2.05) is 6.07 Å². The molecule has 88 valence electrons. The summed E-state index contributed by atoms with van der Waals surface area (Å²) in [5.74, 6) is 0.360. The molecule has 0 aliphatic carbocycles. The average Bonchev–Trinajstić information content (AvgIpc) is 2.38. The molecule has 0 saturated heterocycles. The summed E-state index contributed by atoms with van der Waals surface area (Å²) in [6.45, 7) is 0.712. The van der Waals surface area contributed by atoms with Crippen LogP contribution < -0.4 is 11.1 Å². The van der Waals surface area contributed by atoms with Gasteiger partial charge in [0.1, 0.15) is 11.6 Å². The van der Waals surface area contributed by atoms with Crippen molar-refractivity contribution < 1.29 is 4.39 Å². The van der Waals surface area contributed by atoms with Crippen LogP contribution in [0.1, 0.15) is 11.1 Å². The zero-order valence-electron chi connectivity index (χ0n) is 9.23. The Balaban J connectivity index is 2.04. The molecule has 1 aromatic carbocycles. The molecule has 17 heavy (non-hydrogen) atoms. The quantitative estimate of drug-likeness (QED) is 0.842. The Morgan fingerprint density at radius 3 is 2.82 bits per heavy atom. The third-order valence-corrected chi connectivity index (χ3v) is 2.38. The second-order valence-corrected chi connectivity index (χ2v) is 3.57. The summed E-state index contributed by atoms with van der Waals surface area (Å²) in [4.78, 5) is 7.95. The van der Waals surface area contributed by atoms with E-state index in [9.17, 15) is 4.39 Å². The molecular weight excluding hydrogens is 219 g/mol. The molecule has 0 spiro atoms. The molecule has 1 aromatic heterocycles. The summed E-state index contributed by atoms with van der Waals surface area (Å²) in [6, 6.07) is 4.99. The topological polar surface area (TPSA) is 63.8 Å². The molecule has 3 N–H and O–H groups in total. The third-order valence-electron chi connectivity index (χ3n) is 2.38. The minimum atomic E-state index is -0.260. The van der Waals surface area contributed by atoms with E-state index in [0.29, 0.717) is 24.5 Å². The highest BCUT2D eigenvalue weighted by molar-refractivity contribution is 5.33. The van der Waals surface area contributed by atoms with Gasteiger partial charge in [0, 0.05) is 31.0 Å². The van der Waals surface area contributed by atoms with Crippen molar-refractivity contribution in [2.45, 2.75) is 13.1 Å². The van der Waals surface area contributed by atoms with Gasteiger partial charge in [-0.3, -0.25) is 4.98 Å². The molecule has 4 nitrogen and oxygen atoms in total. The SMILES string of the molecule is NCc1ccc(CNc2cnccn2)c(F)c1. The van der Waals surface area contributed by atoms with E-state index >= 15 is 0 Å². The minimum absolute atomic E-state index is 0.260. The fourth-order valence-electron chi connectivity index (χ4n) is 1.44. The fraction of sp³-hybridized carbons (Fsp3) is 0.167. The first kappa shape index (κ1) is 11.5. The average molecular weight is 232 g/mol. The van der Waals surface area contributed by atoms with Crippen LogP contribution in [-0.4, -0.2) is 9.97 Å². The zero-order chi connectivity index (χ0) is 12.1. The summed E-state index contributed by atoms with van der Waals surface area (Å²) in [6.07, 6.45) is 4.75. The first-order chi connectivity index (χ1) is 8.29. The number of halogens is 1. The molecule has 0 fully saturated rings. The predicted molar refractivity (Wildman–Crippen MR) is 63.7 cm³/mol. The highest BCUT2D eigenvalue weighted by Crippen LogP contribution is 2.11. The summed E-state index contributed by atoms with van der Waals surface area (Å²) >= 11 is 0. The smallest absolute Gasteiger partial charge is 0.144 e. The van der Waals surface area contributed by atoms with Crippen molar-refractivity contribution >= 4 is 5.82 Å². The predicted octanol–water partition coefficient (Wildman–Crippen LogP) is 1.69. The molecule has 0 saturated carbocycles. The molecular formula is C12H13FN4. The van der Waals surface area contributed by atoms with Crippen LogP contribution in [0.2, 0.25) is 0 Å². The first-order valence-corrected chi connectivity index (χ1v) is 5.27. The molecule has 0 bridgehead atoms. The maximum atomic E-state index is 13.6. The Hall–Kier alpha value is -2.01. The maximum absolute atomic E-state index is 13.6. The van der Waals surface area contributed by atoms with Crippen molar-refractivity contribution in [2.75, 3.05) is 5.32 Å². The van der Waals surface area contributed by atoms with Crippen LogP contribution in [0.3, 0.4) is 0 Å².